The number of carbonyl (C=O) groups is 1. The molecule has 1 saturated heterocycles. The van der Waals surface area contributed by atoms with Gasteiger partial charge >= 0.3 is 0 Å². The van der Waals surface area contributed by atoms with Crippen LogP contribution in [0.1, 0.15) is 37.3 Å². The Hall–Kier alpha value is -2.10. The van der Waals surface area contributed by atoms with Crippen LogP contribution in [0.15, 0.2) is 39.9 Å². The maximum absolute atomic E-state index is 12.9. The Morgan fingerprint density at radius 3 is 2.67 bits per heavy atom. The maximum atomic E-state index is 12.9. The highest BCUT2D eigenvalue weighted by atomic mass is 32.2. The second-order valence-corrected chi connectivity index (χ2v) is 10.4. The molecule has 0 unspecified atom stereocenters. The Morgan fingerprint density at radius 1 is 1.23 bits per heavy atom. The van der Waals surface area contributed by atoms with Crippen molar-refractivity contribution in [3.05, 3.63) is 41.3 Å². The van der Waals surface area contributed by atoms with Crippen molar-refractivity contribution in [3.8, 4) is 11.5 Å². The number of sulfonamides is 1. The summed E-state index contributed by atoms with van der Waals surface area (Å²) in [4.78, 5) is 14.8. The minimum absolute atomic E-state index is 0.00453. The van der Waals surface area contributed by atoms with Crippen LogP contribution in [0.4, 0.5) is 0 Å². The van der Waals surface area contributed by atoms with Crippen molar-refractivity contribution >= 4 is 27.3 Å². The van der Waals surface area contributed by atoms with Crippen LogP contribution in [0.25, 0.3) is 0 Å². The summed E-state index contributed by atoms with van der Waals surface area (Å²) in [5, 5.41) is 1.74. The summed E-state index contributed by atoms with van der Waals surface area (Å²) in [7, 11) is 1.27. The van der Waals surface area contributed by atoms with E-state index >= 15 is 0 Å². The largest absolute Gasteiger partial charge is 0.493 e. The molecule has 2 heterocycles. The minimum atomic E-state index is -3.48. The van der Waals surface area contributed by atoms with E-state index in [1.807, 2.05) is 23.1 Å². The molecule has 7 nitrogen and oxygen atoms in total. The van der Waals surface area contributed by atoms with Gasteiger partial charge < -0.3 is 14.4 Å². The fourth-order valence-corrected chi connectivity index (χ4v) is 6.16. The van der Waals surface area contributed by atoms with Crippen LogP contribution in [-0.4, -0.2) is 57.9 Å². The highest BCUT2D eigenvalue weighted by Crippen LogP contribution is 2.37. The number of methoxy groups -OCH3 is 2. The van der Waals surface area contributed by atoms with Crippen LogP contribution in [0.2, 0.25) is 0 Å². The molecular formula is C21H28N2O5S2. The van der Waals surface area contributed by atoms with Crippen LogP contribution in [0.5, 0.6) is 11.5 Å². The van der Waals surface area contributed by atoms with Crippen LogP contribution in [0, 0.1) is 0 Å². The second kappa shape index (κ2) is 9.80. The highest BCUT2D eigenvalue weighted by Gasteiger charge is 2.30. The Labute approximate surface area is 182 Å². The van der Waals surface area contributed by atoms with Gasteiger partial charge in [-0.25, -0.2) is 12.7 Å². The van der Waals surface area contributed by atoms with Crippen molar-refractivity contribution < 1.29 is 22.7 Å². The lowest BCUT2D eigenvalue weighted by Gasteiger charge is -2.26. The van der Waals surface area contributed by atoms with Gasteiger partial charge in [0, 0.05) is 26.6 Å². The van der Waals surface area contributed by atoms with Crippen LogP contribution < -0.4 is 9.47 Å². The first-order valence-corrected chi connectivity index (χ1v) is 12.2. The molecule has 2 aromatic rings. The summed E-state index contributed by atoms with van der Waals surface area (Å²) >= 11 is 1.20. The first kappa shape index (κ1) is 22.6. The second-order valence-electron chi connectivity index (χ2n) is 7.22. The zero-order valence-electron chi connectivity index (χ0n) is 17.5. The maximum Gasteiger partial charge on any atom is 0.252 e. The number of ether oxygens (including phenoxy) is 2. The number of amides is 1. The lowest BCUT2D eigenvalue weighted by atomic mass is 10.0. The fourth-order valence-electron chi connectivity index (χ4n) is 3.75. The van der Waals surface area contributed by atoms with E-state index in [0.29, 0.717) is 41.6 Å². The van der Waals surface area contributed by atoms with E-state index in [4.69, 9.17) is 9.47 Å². The number of likely N-dealkylation sites (tertiary alicyclic amines) is 1. The van der Waals surface area contributed by atoms with E-state index in [1.54, 1.807) is 38.8 Å². The summed E-state index contributed by atoms with van der Waals surface area (Å²) in [5.74, 6) is 1.36. The molecule has 0 spiro atoms. The number of hydrogen-bond donors (Lipinski definition) is 0. The normalized spacial score (nSPS) is 16.8. The zero-order chi connectivity index (χ0) is 21.7. The summed E-state index contributed by atoms with van der Waals surface area (Å²) in [6.07, 6.45) is 2.63. The molecule has 1 aliphatic rings. The molecule has 1 atom stereocenters. The molecule has 1 aromatic heterocycles. The highest BCUT2D eigenvalue weighted by molar-refractivity contribution is 7.91. The number of rotatable bonds is 9. The van der Waals surface area contributed by atoms with Crippen LogP contribution >= 0.6 is 11.3 Å². The average molecular weight is 453 g/mol. The molecule has 3 rings (SSSR count). The molecule has 0 radical (unpaired) electrons. The van der Waals surface area contributed by atoms with Gasteiger partial charge in [0.1, 0.15) is 4.21 Å². The van der Waals surface area contributed by atoms with E-state index in [2.05, 4.69) is 0 Å². The molecule has 30 heavy (non-hydrogen) atoms. The smallest absolute Gasteiger partial charge is 0.252 e. The van der Waals surface area contributed by atoms with E-state index in [0.717, 1.165) is 18.4 Å². The third kappa shape index (κ3) is 4.79. The molecule has 0 aliphatic carbocycles. The molecule has 9 heteroatoms. The first-order valence-electron chi connectivity index (χ1n) is 9.89. The van der Waals surface area contributed by atoms with Gasteiger partial charge in [-0.15, -0.1) is 11.3 Å². The summed E-state index contributed by atoms with van der Waals surface area (Å²) in [6, 6.07) is 9.08. The molecule has 1 aromatic carbocycles. The standard InChI is InChI=1S/C21H28N2O5S2/c1-22(30(25,26)21-9-6-14-29-21)12-5-8-20(24)23-13-4-7-17(23)16-10-11-18(27-2)19(15-16)28-3/h6,9-11,14-15,17H,4-5,7-8,12-13H2,1-3H3/t17-/m0/s1. The summed E-state index contributed by atoms with van der Waals surface area (Å²) in [6.45, 7) is 1.02. The fraction of sp³-hybridized carbons (Fsp3) is 0.476. The van der Waals surface area contributed by atoms with E-state index in [-0.39, 0.29) is 11.9 Å². The number of carbonyl (C=O) groups excluding carboxylic acids is 1. The Balaban J connectivity index is 1.60. The molecule has 0 bridgehead atoms. The van der Waals surface area contributed by atoms with Crippen LogP contribution in [0.3, 0.4) is 0 Å². The van der Waals surface area contributed by atoms with E-state index in [9.17, 15) is 13.2 Å². The van der Waals surface area contributed by atoms with Crippen molar-refractivity contribution in [1.82, 2.24) is 9.21 Å². The van der Waals surface area contributed by atoms with Gasteiger partial charge in [0.05, 0.1) is 20.3 Å². The molecule has 0 saturated carbocycles. The molecule has 1 amide bonds. The van der Waals surface area contributed by atoms with Gasteiger partial charge in [-0.05, 0) is 48.4 Å². The number of thiophene rings is 1. The van der Waals surface area contributed by atoms with Gasteiger partial charge in [0.15, 0.2) is 11.5 Å². The van der Waals surface area contributed by atoms with E-state index < -0.39 is 10.0 Å². The molecular weight excluding hydrogens is 424 g/mol. The average Bonchev–Trinajstić information content (AvgIpc) is 3.45. The van der Waals surface area contributed by atoms with Gasteiger partial charge in [0.2, 0.25) is 5.91 Å². The van der Waals surface area contributed by atoms with E-state index in [1.165, 1.54) is 15.6 Å². The van der Waals surface area contributed by atoms with Gasteiger partial charge in [-0.1, -0.05) is 12.1 Å². The first-order chi connectivity index (χ1) is 14.4. The third-order valence-corrected chi connectivity index (χ3v) is 8.62. The monoisotopic (exact) mass is 452 g/mol. The zero-order valence-corrected chi connectivity index (χ0v) is 19.2. The Morgan fingerprint density at radius 2 is 2.00 bits per heavy atom. The topological polar surface area (TPSA) is 76.2 Å². The summed E-state index contributed by atoms with van der Waals surface area (Å²) < 4.78 is 37.3. The number of benzene rings is 1. The number of hydrogen-bond acceptors (Lipinski definition) is 6. The van der Waals surface area contributed by atoms with Crippen molar-refractivity contribution in [3.63, 3.8) is 0 Å². The minimum Gasteiger partial charge on any atom is -0.493 e. The predicted octanol–water partition coefficient (Wildman–Crippen LogP) is 3.53. The van der Waals surface area contributed by atoms with Crippen molar-refractivity contribution in [1.29, 1.82) is 0 Å². The molecule has 0 N–H and O–H groups in total. The summed E-state index contributed by atoms with van der Waals surface area (Å²) in [5.41, 5.74) is 1.02. The Kier molecular flexibility index (Phi) is 7.38. The quantitative estimate of drug-likeness (QED) is 0.582. The van der Waals surface area contributed by atoms with Gasteiger partial charge in [-0.2, -0.15) is 0 Å². The Bertz CT molecular complexity index is 960. The lowest BCUT2D eigenvalue weighted by Crippen LogP contribution is -2.32. The van der Waals surface area contributed by atoms with Gasteiger partial charge in [-0.3, -0.25) is 4.79 Å². The SMILES string of the molecule is COc1ccc([C@@H]2CCCN2C(=O)CCCN(C)S(=O)(=O)c2cccs2)cc1OC. The van der Waals surface area contributed by atoms with Gasteiger partial charge in [0.25, 0.3) is 10.0 Å². The molecule has 164 valence electrons. The lowest BCUT2D eigenvalue weighted by molar-refractivity contribution is -0.132. The van der Waals surface area contributed by atoms with Crippen molar-refractivity contribution in [2.45, 2.75) is 35.9 Å². The molecule has 1 aliphatic heterocycles. The third-order valence-electron chi connectivity index (χ3n) is 5.39. The predicted molar refractivity (Wildman–Crippen MR) is 117 cm³/mol. The molecule has 1 fully saturated rings. The van der Waals surface area contributed by atoms with Crippen molar-refractivity contribution in [2.75, 3.05) is 34.4 Å². The van der Waals surface area contributed by atoms with Crippen molar-refractivity contribution in [2.24, 2.45) is 0 Å². The van der Waals surface area contributed by atoms with Crippen LogP contribution in [-0.2, 0) is 14.8 Å². The number of nitrogens with zero attached hydrogens (tertiary/aromatic N) is 2.